The second-order valence-electron chi connectivity index (χ2n) is 6.76. The normalized spacial score (nSPS) is 16.0. The highest BCUT2D eigenvalue weighted by molar-refractivity contribution is 5.93. The summed E-state index contributed by atoms with van der Waals surface area (Å²) in [6.07, 6.45) is 0.698. The molecule has 1 saturated heterocycles. The summed E-state index contributed by atoms with van der Waals surface area (Å²) in [5, 5.41) is 2.14. The maximum atomic E-state index is 13.5. The molecule has 0 saturated carbocycles. The zero-order chi connectivity index (χ0) is 20.8. The fourth-order valence-electron chi connectivity index (χ4n) is 3.09. The number of esters is 1. The van der Waals surface area contributed by atoms with Gasteiger partial charge in [-0.3, -0.25) is 14.4 Å². The Labute approximate surface area is 166 Å². The van der Waals surface area contributed by atoms with E-state index in [2.05, 4.69) is 5.32 Å². The van der Waals surface area contributed by atoms with Crippen LogP contribution in [0.2, 0.25) is 0 Å². The quantitative estimate of drug-likeness (QED) is 0.723. The number of amides is 2. The second kappa shape index (κ2) is 9.27. The lowest BCUT2D eigenvalue weighted by Gasteiger charge is -2.16. The highest BCUT2D eigenvalue weighted by Gasteiger charge is 2.35. The van der Waals surface area contributed by atoms with Crippen molar-refractivity contribution >= 4 is 23.5 Å². The van der Waals surface area contributed by atoms with Crippen LogP contribution in [-0.2, 0) is 25.5 Å². The fraction of sp³-hybridized carbons (Fsp3) is 0.286. The highest BCUT2D eigenvalue weighted by atomic mass is 19.1. The van der Waals surface area contributed by atoms with E-state index in [4.69, 9.17) is 4.74 Å². The summed E-state index contributed by atoms with van der Waals surface area (Å²) in [4.78, 5) is 37.7. The van der Waals surface area contributed by atoms with Crippen LogP contribution in [0.5, 0.6) is 0 Å². The fourth-order valence-corrected chi connectivity index (χ4v) is 3.09. The van der Waals surface area contributed by atoms with Gasteiger partial charge in [0.2, 0.25) is 5.91 Å². The number of carbonyl (C=O) groups is 3. The van der Waals surface area contributed by atoms with E-state index in [9.17, 15) is 23.2 Å². The summed E-state index contributed by atoms with van der Waals surface area (Å²) >= 11 is 0. The third-order valence-electron chi connectivity index (χ3n) is 4.61. The number of anilines is 1. The van der Waals surface area contributed by atoms with Crippen LogP contribution < -0.4 is 5.32 Å². The Hall–Kier alpha value is -3.29. The molecule has 1 aliphatic rings. The molecule has 0 aliphatic carbocycles. The van der Waals surface area contributed by atoms with Crippen molar-refractivity contribution in [2.75, 3.05) is 25.0 Å². The Morgan fingerprint density at radius 3 is 2.66 bits per heavy atom. The average Bonchev–Trinajstić information content (AvgIpc) is 3.09. The van der Waals surface area contributed by atoms with Gasteiger partial charge in [-0.1, -0.05) is 30.3 Å². The minimum Gasteiger partial charge on any atom is -0.455 e. The molecule has 2 amide bonds. The van der Waals surface area contributed by atoms with Crippen LogP contribution in [0.3, 0.4) is 0 Å². The summed E-state index contributed by atoms with van der Waals surface area (Å²) in [7, 11) is 0. The molecule has 1 fully saturated rings. The van der Waals surface area contributed by atoms with Crippen molar-refractivity contribution in [2.24, 2.45) is 5.92 Å². The summed E-state index contributed by atoms with van der Waals surface area (Å²) in [5.41, 5.74) is 0.752. The number of halogens is 2. The van der Waals surface area contributed by atoms with Crippen LogP contribution in [-0.4, -0.2) is 42.4 Å². The molecule has 1 atom stereocenters. The van der Waals surface area contributed by atoms with Gasteiger partial charge >= 0.3 is 5.97 Å². The Morgan fingerprint density at radius 1 is 1.14 bits per heavy atom. The van der Waals surface area contributed by atoms with Gasteiger partial charge < -0.3 is 15.0 Å². The molecule has 8 heteroatoms. The first-order chi connectivity index (χ1) is 13.9. The molecule has 29 heavy (non-hydrogen) atoms. The van der Waals surface area contributed by atoms with Crippen molar-refractivity contribution in [3.8, 4) is 0 Å². The topological polar surface area (TPSA) is 75.7 Å². The summed E-state index contributed by atoms with van der Waals surface area (Å²) in [5.74, 6) is -3.78. The summed E-state index contributed by atoms with van der Waals surface area (Å²) < 4.78 is 31.6. The Kier molecular flexibility index (Phi) is 6.54. The number of hydrogen-bond donors (Lipinski definition) is 1. The number of benzene rings is 2. The number of rotatable bonds is 7. The molecule has 0 radical (unpaired) electrons. The van der Waals surface area contributed by atoms with E-state index in [0.29, 0.717) is 13.0 Å². The predicted molar refractivity (Wildman–Crippen MR) is 101 cm³/mol. The molecular weight excluding hydrogens is 382 g/mol. The first-order valence-electron chi connectivity index (χ1n) is 9.15. The van der Waals surface area contributed by atoms with E-state index in [1.54, 1.807) is 4.90 Å². The number of likely N-dealkylation sites (tertiary alicyclic amines) is 1. The van der Waals surface area contributed by atoms with Crippen LogP contribution in [0.25, 0.3) is 0 Å². The minimum absolute atomic E-state index is 0.0216. The van der Waals surface area contributed by atoms with Crippen molar-refractivity contribution in [1.29, 1.82) is 0 Å². The highest BCUT2D eigenvalue weighted by Crippen LogP contribution is 2.20. The van der Waals surface area contributed by atoms with E-state index in [1.165, 1.54) is 0 Å². The molecule has 2 aromatic rings. The first-order valence-corrected chi connectivity index (χ1v) is 9.15. The van der Waals surface area contributed by atoms with Crippen LogP contribution in [0.1, 0.15) is 12.0 Å². The van der Waals surface area contributed by atoms with Crippen molar-refractivity contribution in [2.45, 2.75) is 12.8 Å². The molecule has 0 bridgehead atoms. The van der Waals surface area contributed by atoms with E-state index >= 15 is 0 Å². The van der Waals surface area contributed by atoms with Crippen LogP contribution >= 0.6 is 0 Å². The molecule has 3 rings (SSSR count). The molecule has 6 nitrogen and oxygen atoms in total. The van der Waals surface area contributed by atoms with Gasteiger partial charge in [0.15, 0.2) is 6.61 Å². The molecular formula is C21H20F2N2O4. The molecule has 152 valence electrons. The van der Waals surface area contributed by atoms with Crippen molar-refractivity contribution in [1.82, 2.24) is 4.90 Å². The monoisotopic (exact) mass is 402 g/mol. The first kappa shape index (κ1) is 20.4. The molecule has 1 N–H and O–H groups in total. The Morgan fingerprint density at radius 2 is 1.90 bits per heavy atom. The predicted octanol–water partition coefficient (Wildman–Crippen LogP) is 2.54. The SMILES string of the molecule is O=C(COC(=O)[C@@H]1CC(=O)N(CCc2ccccc2)C1)Nc1cc(F)ccc1F. The Bertz CT molecular complexity index is 905. The van der Waals surface area contributed by atoms with Gasteiger partial charge in [-0.2, -0.15) is 0 Å². The number of nitrogens with one attached hydrogen (secondary N) is 1. The van der Waals surface area contributed by atoms with Crippen molar-refractivity contribution in [3.05, 3.63) is 65.7 Å². The lowest BCUT2D eigenvalue weighted by atomic mass is 10.1. The van der Waals surface area contributed by atoms with Crippen molar-refractivity contribution < 1.29 is 27.9 Å². The summed E-state index contributed by atoms with van der Waals surface area (Å²) in [6, 6.07) is 12.3. The number of hydrogen-bond acceptors (Lipinski definition) is 4. The Balaban J connectivity index is 1.45. The smallest absolute Gasteiger partial charge is 0.311 e. The van der Waals surface area contributed by atoms with E-state index in [1.807, 2.05) is 30.3 Å². The lowest BCUT2D eigenvalue weighted by Crippen LogP contribution is -2.29. The molecule has 2 aromatic carbocycles. The zero-order valence-corrected chi connectivity index (χ0v) is 15.6. The third kappa shape index (κ3) is 5.60. The van der Waals surface area contributed by atoms with Crippen molar-refractivity contribution in [3.63, 3.8) is 0 Å². The van der Waals surface area contributed by atoms with Gasteiger partial charge in [0, 0.05) is 25.6 Å². The van der Waals surface area contributed by atoms with Gasteiger partial charge in [-0.05, 0) is 24.1 Å². The van der Waals surface area contributed by atoms with E-state index in [-0.39, 0.29) is 24.6 Å². The molecule has 0 unspecified atom stereocenters. The maximum Gasteiger partial charge on any atom is 0.311 e. The number of ether oxygens (including phenoxy) is 1. The molecule has 0 aromatic heterocycles. The molecule has 1 aliphatic heterocycles. The van der Waals surface area contributed by atoms with Gasteiger partial charge in [0.25, 0.3) is 5.91 Å². The third-order valence-corrected chi connectivity index (χ3v) is 4.61. The largest absolute Gasteiger partial charge is 0.455 e. The van der Waals surface area contributed by atoms with Crippen LogP contribution in [0, 0.1) is 17.6 Å². The van der Waals surface area contributed by atoms with Gasteiger partial charge in [-0.25, -0.2) is 8.78 Å². The standard InChI is InChI=1S/C21H20F2N2O4/c22-16-6-7-17(23)18(11-16)24-19(26)13-29-21(28)15-10-20(27)25(12-15)9-8-14-4-2-1-3-5-14/h1-7,11,15H,8-10,12-13H2,(H,24,26)/t15-/m1/s1. The van der Waals surface area contributed by atoms with Crippen LogP contribution in [0.4, 0.5) is 14.5 Å². The minimum atomic E-state index is -0.804. The number of nitrogens with zero attached hydrogens (tertiary/aromatic N) is 1. The lowest BCUT2D eigenvalue weighted by molar-refractivity contribution is -0.151. The van der Waals surface area contributed by atoms with Gasteiger partial charge in [0.1, 0.15) is 11.6 Å². The molecule has 0 spiro atoms. The second-order valence-corrected chi connectivity index (χ2v) is 6.76. The van der Waals surface area contributed by atoms with E-state index in [0.717, 1.165) is 23.8 Å². The average molecular weight is 402 g/mol. The van der Waals surface area contributed by atoms with Gasteiger partial charge in [0.05, 0.1) is 11.6 Å². The van der Waals surface area contributed by atoms with E-state index < -0.39 is 36.0 Å². The molecule has 1 heterocycles. The maximum absolute atomic E-state index is 13.5. The summed E-state index contributed by atoms with van der Waals surface area (Å²) in [6.45, 7) is 0.0695. The van der Waals surface area contributed by atoms with Crippen LogP contribution in [0.15, 0.2) is 48.5 Å². The number of carbonyl (C=O) groups excluding carboxylic acids is 3. The zero-order valence-electron chi connectivity index (χ0n) is 15.6. The van der Waals surface area contributed by atoms with Gasteiger partial charge in [-0.15, -0.1) is 0 Å².